The maximum absolute atomic E-state index is 10.3. The molecule has 0 aromatic carbocycles. The number of aliphatic hydroxyl groups excluding tert-OH is 1. The van der Waals surface area contributed by atoms with Crippen molar-refractivity contribution in [1.29, 1.82) is 0 Å². The molecule has 0 saturated heterocycles. The first-order valence-corrected chi connectivity index (χ1v) is 2.88. The number of aliphatic carboxylic acids is 1. The van der Waals surface area contributed by atoms with Crippen molar-refractivity contribution in [1.82, 2.24) is 0 Å². The Morgan fingerprint density at radius 2 is 2.30 bits per heavy atom. The lowest BCUT2D eigenvalue weighted by Crippen LogP contribution is -2.35. The fourth-order valence-electron chi connectivity index (χ4n) is 0.884. The molecule has 0 radical (unpaired) electrons. The van der Waals surface area contributed by atoms with Crippen LogP contribution in [0.3, 0.4) is 0 Å². The van der Waals surface area contributed by atoms with Crippen LogP contribution in [-0.2, 0) is 4.79 Å². The highest BCUT2D eigenvalue weighted by Crippen LogP contribution is 2.22. The Morgan fingerprint density at radius 3 is 2.50 bits per heavy atom. The predicted molar refractivity (Wildman–Crippen MR) is 32.3 cm³/mol. The third kappa shape index (κ3) is 1.03. The fraction of sp³-hybridized carbons (Fsp3) is 0.500. The number of hydrogen-bond donors (Lipinski definition) is 3. The van der Waals surface area contributed by atoms with Gasteiger partial charge in [-0.1, -0.05) is 6.08 Å². The van der Waals surface area contributed by atoms with E-state index in [1.165, 1.54) is 6.08 Å². The summed E-state index contributed by atoms with van der Waals surface area (Å²) in [6.07, 6.45) is 1.39. The standard InChI is InChI=1S/C6H8O4/c7-4-1-2-6(10,3-4)5(8)9/h1-2,4,7,10H,3H2,(H,8,9). The van der Waals surface area contributed by atoms with Crippen LogP contribution >= 0.6 is 0 Å². The first-order valence-electron chi connectivity index (χ1n) is 2.88. The average Bonchev–Trinajstić information content (AvgIpc) is 2.13. The Morgan fingerprint density at radius 1 is 1.70 bits per heavy atom. The molecule has 4 nitrogen and oxygen atoms in total. The number of hydrogen-bond acceptors (Lipinski definition) is 3. The number of carbonyl (C=O) groups is 1. The number of rotatable bonds is 1. The molecule has 2 atom stereocenters. The van der Waals surface area contributed by atoms with Crippen molar-refractivity contribution in [3.8, 4) is 0 Å². The van der Waals surface area contributed by atoms with Gasteiger partial charge in [-0.2, -0.15) is 0 Å². The minimum absolute atomic E-state index is 0.150. The molecule has 0 saturated carbocycles. The lowest BCUT2D eigenvalue weighted by Gasteiger charge is -2.13. The summed E-state index contributed by atoms with van der Waals surface area (Å²) in [4.78, 5) is 10.3. The second-order valence-electron chi connectivity index (χ2n) is 2.36. The fourth-order valence-corrected chi connectivity index (χ4v) is 0.884. The lowest BCUT2D eigenvalue weighted by molar-refractivity contribution is -0.154. The summed E-state index contributed by atoms with van der Waals surface area (Å²) >= 11 is 0. The van der Waals surface area contributed by atoms with Gasteiger partial charge < -0.3 is 15.3 Å². The van der Waals surface area contributed by atoms with E-state index in [1.54, 1.807) is 0 Å². The van der Waals surface area contributed by atoms with Gasteiger partial charge in [0.15, 0.2) is 5.60 Å². The first kappa shape index (κ1) is 7.24. The molecule has 1 rings (SSSR count). The minimum atomic E-state index is -1.85. The van der Waals surface area contributed by atoms with Gasteiger partial charge in [-0.15, -0.1) is 0 Å². The molecule has 1 aliphatic rings. The third-order valence-corrected chi connectivity index (χ3v) is 1.48. The second kappa shape index (κ2) is 2.07. The van der Waals surface area contributed by atoms with Crippen LogP contribution in [0.1, 0.15) is 6.42 Å². The van der Waals surface area contributed by atoms with Crippen molar-refractivity contribution in [2.24, 2.45) is 0 Å². The van der Waals surface area contributed by atoms with E-state index in [2.05, 4.69) is 0 Å². The van der Waals surface area contributed by atoms with E-state index in [0.29, 0.717) is 0 Å². The van der Waals surface area contributed by atoms with Gasteiger partial charge in [0.1, 0.15) is 0 Å². The van der Waals surface area contributed by atoms with Gasteiger partial charge in [-0.25, -0.2) is 4.79 Å². The van der Waals surface area contributed by atoms with Crippen LogP contribution in [0.2, 0.25) is 0 Å². The van der Waals surface area contributed by atoms with Gasteiger partial charge in [-0.05, 0) is 6.08 Å². The topological polar surface area (TPSA) is 77.8 Å². The molecular weight excluding hydrogens is 136 g/mol. The Labute approximate surface area is 57.4 Å². The molecule has 0 fully saturated rings. The van der Waals surface area contributed by atoms with Crippen LogP contribution in [0, 0.1) is 0 Å². The van der Waals surface area contributed by atoms with Crippen molar-refractivity contribution in [2.75, 3.05) is 0 Å². The summed E-state index contributed by atoms with van der Waals surface area (Å²) in [6.45, 7) is 0. The van der Waals surface area contributed by atoms with Crippen LogP contribution in [0.15, 0.2) is 12.2 Å². The van der Waals surface area contributed by atoms with E-state index < -0.39 is 17.7 Å². The normalized spacial score (nSPS) is 38.4. The summed E-state index contributed by atoms with van der Waals surface area (Å²) in [5, 5.41) is 26.3. The van der Waals surface area contributed by atoms with Gasteiger partial charge >= 0.3 is 5.97 Å². The molecule has 0 aromatic rings. The maximum atomic E-state index is 10.3. The third-order valence-electron chi connectivity index (χ3n) is 1.48. The Kier molecular flexibility index (Phi) is 1.50. The predicted octanol–water partition coefficient (Wildman–Crippen LogP) is -0.877. The highest BCUT2D eigenvalue weighted by Gasteiger charge is 2.38. The number of carboxylic acids is 1. The summed E-state index contributed by atoms with van der Waals surface area (Å²) in [5.74, 6) is -1.32. The van der Waals surface area contributed by atoms with Crippen LogP contribution in [-0.4, -0.2) is 33.0 Å². The van der Waals surface area contributed by atoms with E-state index >= 15 is 0 Å². The molecule has 0 aliphatic heterocycles. The molecular formula is C6H8O4. The van der Waals surface area contributed by atoms with Crippen LogP contribution < -0.4 is 0 Å². The molecule has 56 valence electrons. The van der Waals surface area contributed by atoms with Crippen molar-refractivity contribution in [3.63, 3.8) is 0 Å². The molecule has 0 amide bonds. The highest BCUT2D eigenvalue weighted by molar-refractivity contribution is 5.80. The summed E-state index contributed by atoms with van der Waals surface area (Å²) in [7, 11) is 0. The van der Waals surface area contributed by atoms with Crippen molar-refractivity contribution < 1.29 is 20.1 Å². The van der Waals surface area contributed by atoms with Crippen LogP contribution in [0.5, 0.6) is 0 Å². The van der Waals surface area contributed by atoms with Crippen LogP contribution in [0.4, 0.5) is 0 Å². The van der Waals surface area contributed by atoms with Crippen molar-refractivity contribution in [2.45, 2.75) is 18.1 Å². The zero-order valence-electron chi connectivity index (χ0n) is 5.19. The van der Waals surface area contributed by atoms with Crippen molar-refractivity contribution >= 4 is 5.97 Å². The molecule has 3 N–H and O–H groups in total. The molecule has 0 heterocycles. The average molecular weight is 144 g/mol. The van der Waals surface area contributed by atoms with E-state index in [9.17, 15) is 4.79 Å². The summed E-state index contributed by atoms with van der Waals surface area (Å²) in [6, 6.07) is 0. The largest absolute Gasteiger partial charge is 0.479 e. The Hall–Kier alpha value is -0.870. The van der Waals surface area contributed by atoms with E-state index in [4.69, 9.17) is 15.3 Å². The zero-order valence-corrected chi connectivity index (χ0v) is 5.19. The maximum Gasteiger partial charge on any atom is 0.339 e. The monoisotopic (exact) mass is 144 g/mol. The smallest absolute Gasteiger partial charge is 0.339 e. The number of aliphatic hydroxyl groups is 2. The van der Waals surface area contributed by atoms with E-state index in [1.807, 2.05) is 0 Å². The summed E-state index contributed by atoms with van der Waals surface area (Å²) < 4.78 is 0. The minimum Gasteiger partial charge on any atom is -0.479 e. The Bertz CT molecular complexity index is 186. The molecule has 10 heavy (non-hydrogen) atoms. The van der Waals surface area contributed by atoms with Crippen molar-refractivity contribution in [3.05, 3.63) is 12.2 Å². The highest BCUT2D eigenvalue weighted by atomic mass is 16.4. The molecule has 1 aliphatic carbocycles. The molecule has 4 heteroatoms. The van der Waals surface area contributed by atoms with Gasteiger partial charge in [0, 0.05) is 6.42 Å². The molecule has 0 spiro atoms. The molecule has 2 unspecified atom stereocenters. The number of carboxylic acid groups (broad SMARTS) is 1. The summed E-state index contributed by atoms with van der Waals surface area (Å²) in [5.41, 5.74) is -1.85. The molecule has 0 aromatic heterocycles. The SMILES string of the molecule is O=C(O)C1(O)C=CC(O)C1. The van der Waals surface area contributed by atoms with E-state index in [-0.39, 0.29) is 6.42 Å². The second-order valence-corrected chi connectivity index (χ2v) is 2.36. The van der Waals surface area contributed by atoms with Gasteiger partial charge in [0.05, 0.1) is 6.10 Å². The zero-order chi connectivity index (χ0) is 7.78. The molecule has 0 bridgehead atoms. The van der Waals surface area contributed by atoms with E-state index in [0.717, 1.165) is 6.08 Å². The van der Waals surface area contributed by atoms with Gasteiger partial charge in [0.25, 0.3) is 0 Å². The van der Waals surface area contributed by atoms with Crippen LogP contribution in [0.25, 0.3) is 0 Å². The van der Waals surface area contributed by atoms with Gasteiger partial charge in [0.2, 0.25) is 0 Å². The lowest BCUT2D eigenvalue weighted by atomic mass is 10.0. The Balaban J connectivity index is 2.75. The first-order chi connectivity index (χ1) is 4.54. The quantitative estimate of drug-likeness (QED) is 0.418. The van der Waals surface area contributed by atoms with Gasteiger partial charge in [-0.3, -0.25) is 0 Å².